The van der Waals surface area contributed by atoms with Crippen molar-refractivity contribution < 1.29 is 0 Å². The van der Waals surface area contributed by atoms with Crippen LogP contribution in [0.4, 0.5) is 0 Å². The Morgan fingerprint density at radius 2 is 2.06 bits per heavy atom. The number of hydrogen-bond donors (Lipinski definition) is 1. The summed E-state index contributed by atoms with van der Waals surface area (Å²) in [5.41, 5.74) is 1.17. The highest BCUT2D eigenvalue weighted by atomic mass is 15.3. The Hall–Kier alpha value is -1.04. The first-order chi connectivity index (χ1) is 8.72. The second-order valence-corrected chi connectivity index (χ2v) is 5.02. The molecule has 1 aromatic heterocycles. The Labute approximate surface area is 109 Å². The molecule has 100 valence electrons. The maximum Gasteiger partial charge on any atom is 0.115 e. The van der Waals surface area contributed by atoms with Crippen molar-refractivity contribution in [2.24, 2.45) is 0 Å². The number of hydrogen-bond acceptors (Lipinski definition) is 5. The van der Waals surface area contributed by atoms with E-state index in [0.717, 1.165) is 26.2 Å². The summed E-state index contributed by atoms with van der Waals surface area (Å²) in [5.74, 6) is 0. The van der Waals surface area contributed by atoms with Crippen LogP contribution in [-0.4, -0.2) is 66.1 Å². The Balaban J connectivity index is 2.18. The van der Waals surface area contributed by atoms with Gasteiger partial charge in [-0.25, -0.2) is 9.97 Å². The number of nitrogens with one attached hydrogen (secondary N) is 1. The van der Waals surface area contributed by atoms with Crippen LogP contribution in [0.5, 0.6) is 0 Å². The molecule has 0 amide bonds. The van der Waals surface area contributed by atoms with E-state index < -0.39 is 0 Å². The maximum atomic E-state index is 4.14. The summed E-state index contributed by atoms with van der Waals surface area (Å²) in [5, 5.41) is 3.57. The third-order valence-corrected chi connectivity index (χ3v) is 3.65. The zero-order valence-corrected chi connectivity index (χ0v) is 11.5. The van der Waals surface area contributed by atoms with Crippen molar-refractivity contribution in [2.75, 3.05) is 40.3 Å². The molecule has 0 radical (unpaired) electrons. The Kier molecular flexibility index (Phi) is 4.63. The van der Waals surface area contributed by atoms with Crippen LogP contribution in [0.15, 0.2) is 18.7 Å². The molecule has 1 N–H and O–H groups in total. The number of piperazine rings is 1. The van der Waals surface area contributed by atoms with Crippen molar-refractivity contribution in [1.82, 2.24) is 25.1 Å². The largest absolute Gasteiger partial charge is 0.309 e. The SMILES string of the molecule is CCNC(c1cncnc1)C1CN(C)CCN1C. The molecule has 1 aromatic rings. The minimum Gasteiger partial charge on any atom is -0.309 e. The zero-order chi connectivity index (χ0) is 13.0. The van der Waals surface area contributed by atoms with E-state index in [9.17, 15) is 0 Å². The molecule has 0 bridgehead atoms. The van der Waals surface area contributed by atoms with Gasteiger partial charge in [-0.3, -0.25) is 4.90 Å². The Bertz CT molecular complexity index is 356. The van der Waals surface area contributed by atoms with Crippen LogP contribution in [0.25, 0.3) is 0 Å². The van der Waals surface area contributed by atoms with Crippen LogP contribution in [-0.2, 0) is 0 Å². The quantitative estimate of drug-likeness (QED) is 0.835. The van der Waals surface area contributed by atoms with Crippen LogP contribution >= 0.6 is 0 Å². The van der Waals surface area contributed by atoms with Gasteiger partial charge >= 0.3 is 0 Å². The third kappa shape index (κ3) is 3.04. The average Bonchev–Trinajstić information content (AvgIpc) is 2.40. The van der Waals surface area contributed by atoms with Crippen molar-refractivity contribution in [3.8, 4) is 0 Å². The molecule has 18 heavy (non-hydrogen) atoms. The van der Waals surface area contributed by atoms with E-state index >= 15 is 0 Å². The van der Waals surface area contributed by atoms with Gasteiger partial charge in [0, 0.05) is 43.6 Å². The lowest BCUT2D eigenvalue weighted by molar-refractivity contribution is 0.0879. The lowest BCUT2D eigenvalue weighted by Gasteiger charge is -2.42. The molecule has 5 nitrogen and oxygen atoms in total. The molecule has 1 aliphatic heterocycles. The fraction of sp³-hybridized carbons (Fsp3) is 0.692. The van der Waals surface area contributed by atoms with E-state index in [0.29, 0.717) is 12.1 Å². The van der Waals surface area contributed by atoms with E-state index in [1.165, 1.54) is 5.56 Å². The van der Waals surface area contributed by atoms with E-state index in [1.807, 2.05) is 12.4 Å². The lowest BCUT2D eigenvalue weighted by atomic mass is 9.98. The van der Waals surface area contributed by atoms with Crippen molar-refractivity contribution >= 4 is 0 Å². The minimum atomic E-state index is 0.295. The second-order valence-electron chi connectivity index (χ2n) is 5.02. The van der Waals surface area contributed by atoms with Crippen molar-refractivity contribution in [3.63, 3.8) is 0 Å². The highest BCUT2D eigenvalue weighted by molar-refractivity contribution is 5.13. The molecule has 1 fully saturated rings. The van der Waals surface area contributed by atoms with Gasteiger partial charge in [0.15, 0.2) is 0 Å². The van der Waals surface area contributed by atoms with Gasteiger partial charge in [-0.2, -0.15) is 0 Å². The van der Waals surface area contributed by atoms with Gasteiger partial charge in [0.2, 0.25) is 0 Å². The number of aromatic nitrogens is 2. The van der Waals surface area contributed by atoms with Gasteiger partial charge < -0.3 is 10.2 Å². The molecular formula is C13H23N5. The summed E-state index contributed by atoms with van der Waals surface area (Å²) in [6.45, 7) is 6.41. The smallest absolute Gasteiger partial charge is 0.115 e. The maximum absolute atomic E-state index is 4.14. The van der Waals surface area contributed by atoms with Crippen LogP contribution in [0.2, 0.25) is 0 Å². The van der Waals surface area contributed by atoms with Gasteiger partial charge in [-0.15, -0.1) is 0 Å². The van der Waals surface area contributed by atoms with Crippen molar-refractivity contribution in [3.05, 3.63) is 24.3 Å². The zero-order valence-electron chi connectivity index (χ0n) is 11.5. The van der Waals surface area contributed by atoms with E-state index in [4.69, 9.17) is 0 Å². The second kappa shape index (κ2) is 6.22. The van der Waals surface area contributed by atoms with Crippen LogP contribution in [0, 0.1) is 0 Å². The van der Waals surface area contributed by atoms with Crippen LogP contribution in [0.1, 0.15) is 18.5 Å². The molecule has 2 unspecified atom stereocenters. The summed E-state index contributed by atoms with van der Waals surface area (Å²) in [6, 6.07) is 0.763. The van der Waals surface area contributed by atoms with Crippen LogP contribution in [0.3, 0.4) is 0 Å². The molecule has 0 saturated carbocycles. The van der Waals surface area contributed by atoms with Gasteiger partial charge in [0.25, 0.3) is 0 Å². The summed E-state index contributed by atoms with van der Waals surface area (Å²) in [7, 11) is 4.39. The molecule has 2 heterocycles. The van der Waals surface area contributed by atoms with Gasteiger partial charge in [0.1, 0.15) is 6.33 Å². The highest BCUT2D eigenvalue weighted by Gasteiger charge is 2.30. The molecule has 2 atom stereocenters. The van der Waals surface area contributed by atoms with Crippen LogP contribution < -0.4 is 5.32 Å². The molecular weight excluding hydrogens is 226 g/mol. The minimum absolute atomic E-state index is 0.295. The normalized spacial score (nSPS) is 24.1. The first-order valence-corrected chi connectivity index (χ1v) is 6.59. The molecule has 1 saturated heterocycles. The molecule has 2 rings (SSSR count). The summed E-state index contributed by atoms with van der Waals surface area (Å²) in [6.07, 6.45) is 5.43. The molecule has 0 aromatic carbocycles. The number of rotatable bonds is 4. The molecule has 0 aliphatic carbocycles. The first-order valence-electron chi connectivity index (χ1n) is 6.59. The summed E-state index contributed by atoms with van der Waals surface area (Å²) < 4.78 is 0. The highest BCUT2D eigenvalue weighted by Crippen LogP contribution is 2.22. The fourth-order valence-corrected chi connectivity index (χ4v) is 2.57. The summed E-state index contributed by atoms with van der Waals surface area (Å²) >= 11 is 0. The molecule has 1 aliphatic rings. The van der Waals surface area contributed by atoms with Gasteiger partial charge in [-0.1, -0.05) is 6.92 Å². The first kappa shape index (κ1) is 13.4. The number of likely N-dealkylation sites (N-methyl/N-ethyl adjacent to an activating group) is 3. The predicted octanol–water partition coefficient (Wildman–Crippen LogP) is 0.373. The lowest BCUT2D eigenvalue weighted by Crippen LogP contribution is -2.55. The average molecular weight is 249 g/mol. The predicted molar refractivity (Wildman–Crippen MR) is 72.4 cm³/mol. The van der Waals surface area contributed by atoms with Gasteiger partial charge in [-0.05, 0) is 20.6 Å². The monoisotopic (exact) mass is 249 g/mol. The van der Waals surface area contributed by atoms with Crippen molar-refractivity contribution in [1.29, 1.82) is 0 Å². The van der Waals surface area contributed by atoms with E-state index in [2.05, 4.69) is 46.1 Å². The fourth-order valence-electron chi connectivity index (χ4n) is 2.57. The third-order valence-electron chi connectivity index (χ3n) is 3.65. The topological polar surface area (TPSA) is 44.3 Å². The Morgan fingerprint density at radius 3 is 2.72 bits per heavy atom. The molecule has 0 spiro atoms. The van der Waals surface area contributed by atoms with E-state index in [-0.39, 0.29) is 0 Å². The Morgan fingerprint density at radius 1 is 1.33 bits per heavy atom. The number of nitrogens with zero attached hydrogens (tertiary/aromatic N) is 4. The molecule has 5 heteroatoms. The summed E-state index contributed by atoms with van der Waals surface area (Å²) in [4.78, 5) is 13.1. The van der Waals surface area contributed by atoms with Gasteiger partial charge in [0.05, 0.1) is 6.04 Å². The standard InChI is InChI=1S/C13H23N5/c1-4-16-13(11-7-14-10-15-8-11)12-9-17(2)5-6-18(12)3/h7-8,10,12-13,16H,4-6,9H2,1-3H3. The van der Waals surface area contributed by atoms with Crippen molar-refractivity contribution in [2.45, 2.75) is 19.0 Å². The van der Waals surface area contributed by atoms with E-state index in [1.54, 1.807) is 6.33 Å².